The van der Waals surface area contributed by atoms with Crippen molar-refractivity contribution in [3.8, 4) is 5.75 Å². The molecular weight excluding hydrogens is 274 g/mol. The Kier molecular flexibility index (Phi) is 3.56. The smallest absolute Gasteiger partial charge is 0.220 e. The van der Waals surface area contributed by atoms with Crippen LogP contribution in [0, 0.1) is 5.92 Å². The second kappa shape index (κ2) is 5.51. The van der Waals surface area contributed by atoms with Gasteiger partial charge < -0.3 is 4.74 Å². The number of hydrogen-bond donors (Lipinski definition) is 1. The molecule has 0 spiro atoms. The Balaban J connectivity index is 1.88. The van der Waals surface area contributed by atoms with E-state index in [0.717, 1.165) is 17.3 Å². The number of benzene rings is 1. The van der Waals surface area contributed by atoms with Crippen LogP contribution in [-0.2, 0) is 0 Å². The molecule has 2 heterocycles. The maximum absolute atomic E-state index is 6.04. The summed E-state index contributed by atoms with van der Waals surface area (Å²) in [6.07, 6.45) is 8.47. The molecule has 0 fully saturated rings. The van der Waals surface area contributed by atoms with Crippen LogP contribution in [0.2, 0.25) is 0 Å². The van der Waals surface area contributed by atoms with Crippen LogP contribution in [-0.4, -0.2) is 16.1 Å². The van der Waals surface area contributed by atoms with E-state index in [2.05, 4.69) is 28.2 Å². The molecular formula is C15H14ClN3O. The number of aliphatic imine (C=N–C) groups is 1. The summed E-state index contributed by atoms with van der Waals surface area (Å²) in [6, 6.07) is 5.70. The molecule has 0 aliphatic carbocycles. The Labute approximate surface area is 121 Å². The molecule has 20 heavy (non-hydrogen) atoms. The first-order chi connectivity index (χ1) is 9.70. The Morgan fingerprint density at radius 2 is 2.30 bits per heavy atom. The Morgan fingerprint density at radius 1 is 1.40 bits per heavy atom. The zero-order chi connectivity index (χ0) is 13.9. The maximum Gasteiger partial charge on any atom is 0.220 e. The summed E-state index contributed by atoms with van der Waals surface area (Å²) >= 11 is 6.04. The molecule has 2 aromatic rings. The summed E-state index contributed by atoms with van der Waals surface area (Å²) in [6.45, 7) is 2.12. The molecule has 0 radical (unpaired) electrons. The maximum atomic E-state index is 6.04. The third kappa shape index (κ3) is 2.91. The molecule has 5 heteroatoms. The van der Waals surface area contributed by atoms with Gasteiger partial charge in [-0.1, -0.05) is 24.6 Å². The normalized spacial score (nSPS) is 19.2. The van der Waals surface area contributed by atoms with E-state index in [1.807, 2.05) is 30.4 Å². The lowest BCUT2D eigenvalue weighted by Crippen LogP contribution is -2.07. The highest BCUT2D eigenvalue weighted by atomic mass is 35.5. The molecule has 1 unspecified atom stereocenters. The zero-order valence-electron chi connectivity index (χ0n) is 11.0. The van der Waals surface area contributed by atoms with Crippen molar-refractivity contribution in [2.75, 3.05) is 0 Å². The second-order valence-electron chi connectivity index (χ2n) is 4.77. The van der Waals surface area contributed by atoms with Crippen LogP contribution >= 0.6 is 11.6 Å². The van der Waals surface area contributed by atoms with Crippen LogP contribution < -0.4 is 4.74 Å². The number of nitrogens with zero attached hydrogens (tertiary/aromatic N) is 2. The van der Waals surface area contributed by atoms with Gasteiger partial charge in [0.15, 0.2) is 0 Å². The number of aromatic amines is 1. The number of rotatable bonds is 1. The van der Waals surface area contributed by atoms with Crippen molar-refractivity contribution in [1.29, 1.82) is 0 Å². The first kappa shape index (κ1) is 12.9. The summed E-state index contributed by atoms with van der Waals surface area (Å²) in [5.41, 5.74) is 0.971. The number of hydrogen-bond acceptors (Lipinski definition) is 3. The van der Waals surface area contributed by atoms with Gasteiger partial charge >= 0.3 is 0 Å². The Hall–Kier alpha value is -2.07. The fraction of sp³-hybridized carbons (Fsp3) is 0.200. The first-order valence-electron chi connectivity index (χ1n) is 6.44. The minimum atomic E-state index is 0.411. The molecule has 1 N–H and O–H groups in total. The molecule has 1 aliphatic heterocycles. The number of nitrogens with one attached hydrogen (secondary N) is 1. The predicted octanol–water partition coefficient (Wildman–Crippen LogP) is 4.02. The van der Waals surface area contributed by atoms with E-state index >= 15 is 0 Å². The number of aromatic nitrogens is 2. The van der Waals surface area contributed by atoms with Crippen LogP contribution in [0.3, 0.4) is 0 Å². The summed E-state index contributed by atoms with van der Waals surface area (Å²) < 4.78 is 5.78. The van der Waals surface area contributed by atoms with E-state index < -0.39 is 0 Å². The average Bonchev–Trinajstić information content (AvgIpc) is 2.88. The summed E-state index contributed by atoms with van der Waals surface area (Å²) in [5.74, 6) is 1.61. The van der Waals surface area contributed by atoms with Crippen LogP contribution in [0.5, 0.6) is 5.75 Å². The van der Waals surface area contributed by atoms with Crippen molar-refractivity contribution < 1.29 is 4.74 Å². The Morgan fingerprint density at radius 3 is 3.20 bits per heavy atom. The van der Waals surface area contributed by atoms with E-state index in [0.29, 0.717) is 22.7 Å². The molecule has 0 saturated carbocycles. The van der Waals surface area contributed by atoms with Gasteiger partial charge in [-0.3, -0.25) is 5.10 Å². The van der Waals surface area contributed by atoms with Crippen molar-refractivity contribution in [1.82, 2.24) is 10.2 Å². The first-order valence-corrected chi connectivity index (χ1v) is 6.82. The summed E-state index contributed by atoms with van der Waals surface area (Å²) in [7, 11) is 0. The number of H-pyrrole nitrogens is 1. The standard InChI is InChI=1S/C15H14ClN3O/c1-10-2-6-14(16)18-15(7-3-10)20-12-4-5-13-11(8-12)9-17-19-13/h3-10H,2H2,1H3,(H,17,19). The molecule has 0 amide bonds. The van der Waals surface area contributed by atoms with Crippen LogP contribution in [0.15, 0.2) is 52.8 Å². The fourth-order valence-corrected chi connectivity index (χ4v) is 2.13. The fourth-order valence-electron chi connectivity index (χ4n) is 1.96. The van der Waals surface area contributed by atoms with E-state index in [-0.39, 0.29) is 0 Å². The van der Waals surface area contributed by atoms with Gasteiger partial charge in [0, 0.05) is 5.39 Å². The van der Waals surface area contributed by atoms with Gasteiger partial charge in [-0.05, 0) is 42.7 Å². The third-order valence-electron chi connectivity index (χ3n) is 3.08. The highest BCUT2D eigenvalue weighted by molar-refractivity contribution is 6.30. The molecule has 102 valence electrons. The average molecular weight is 288 g/mol. The predicted molar refractivity (Wildman–Crippen MR) is 81.0 cm³/mol. The van der Waals surface area contributed by atoms with Gasteiger partial charge in [0.2, 0.25) is 5.90 Å². The minimum absolute atomic E-state index is 0.411. The molecule has 0 bridgehead atoms. The van der Waals surface area contributed by atoms with Crippen LogP contribution in [0.4, 0.5) is 0 Å². The van der Waals surface area contributed by atoms with Gasteiger partial charge in [0.05, 0.1) is 11.7 Å². The van der Waals surface area contributed by atoms with Gasteiger partial charge in [0.1, 0.15) is 10.9 Å². The lowest BCUT2D eigenvalue weighted by molar-refractivity contribution is 0.554. The highest BCUT2D eigenvalue weighted by Crippen LogP contribution is 2.21. The number of halogens is 1. The number of allylic oxidation sites excluding steroid dienone is 2. The lowest BCUT2D eigenvalue weighted by atomic mass is 10.1. The molecule has 3 rings (SSSR count). The summed E-state index contributed by atoms with van der Waals surface area (Å²) in [5, 5.41) is 8.34. The van der Waals surface area contributed by atoms with Crippen molar-refractivity contribution in [2.45, 2.75) is 13.3 Å². The summed E-state index contributed by atoms with van der Waals surface area (Å²) in [4.78, 5) is 4.24. The van der Waals surface area contributed by atoms with Crippen molar-refractivity contribution in [3.05, 3.63) is 47.8 Å². The number of ether oxygens (including phenoxy) is 1. The van der Waals surface area contributed by atoms with E-state index in [9.17, 15) is 0 Å². The SMILES string of the molecule is CC1C=CC(Oc2ccc3[nH]ncc3c2)=NC(Cl)=CC1. The van der Waals surface area contributed by atoms with E-state index in [1.54, 1.807) is 6.20 Å². The Bertz CT molecular complexity index is 715. The quantitative estimate of drug-likeness (QED) is 0.806. The minimum Gasteiger partial charge on any atom is -0.439 e. The highest BCUT2D eigenvalue weighted by Gasteiger charge is 2.06. The molecule has 4 nitrogen and oxygen atoms in total. The third-order valence-corrected chi connectivity index (χ3v) is 3.32. The van der Waals surface area contributed by atoms with E-state index in [1.165, 1.54) is 0 Å². The van der Waals surface area contributed by atoms with Gasteiger partial charge in [-0.15, -0.1) is 0 Å². The molecule has 1 aromatic carbocycles. The molecule has 1 atom stereocenters. The van der Waals surface area contributed by atoms with Crippen molar-refractivity contribution in [2.24, 2.45) is 10.9 Å². The molecule has 1 aromatic heterocycles. The van der Waals surface area contributed by atoms with Gasteiger partial charge in [0.25, 0.3) is 0 Å². The van der Waals surface area contributed by atoms with Gasteiger partial charge in [-0.25, -0.2) is 4.99 Å². The van der Waals surface area contributed by atoms with Crippen molar-refractivity contribution in [3.63, 3.8) is 0 Å². The lowest BCUT2D eigenvalue weighted by Gasteiger charge is -2.09. The topological polar surface area (TPSA) is 50.3 Å². The van der Waals surface area contributed by atoms with Gasteiger partial charge in [-0.2, -0.15) is 5.10 Å². The zero-order valence-corrected chi connectivity index (χ0v) is 11.8. The molecule has 0 saturated heterocycles. The monoisotopic (exact) mass is 287 g/mol. The van der Waals surface area contributed by atoms with Crippen LogP contribution in [0.1, 0.15) is 13.3 Å². The molecule has 1 aliphatic rings. The number of fused-ring (bicyclic) bond motifs is 1. The largest absolute Gasteiger partial charge is 0.439 e. The van der Waals surface area contributed by atoms with Crippen molar-refractivity contribution >= 4 is 28.4 Å². The second-order valence-corrected chi connectivity index (χ2v) is 5.16. The van der Waals surface area contributed by atoms with Crippen LogP contribution in [0.25, 0.3) is 10.9 Å². The van der Waals surface area contributed by atoms with E-state index in [4.69, 9.17) is 16.3 Å².